The number of nitrogens with zero attached hydrogens (tertiary/aromatic N) is 4. The van der Waals surface area contributed by atoms with E-state index < -0.39 is 29.3 Å². The van der Waals surface area contributed by atoms with Crippen LogP contribution in [-0.2, 0) is 22.4 Å². The van der Waals surface area contributed by atoms with E-state index in [4.69, 9.17) is 4.74 Å². The summed E-state index contributed by atoms with van der Waals surface area (Å²) in [5.41, 5.74) is 2.06. The molecule has 0 saturated heterocycles. The molecule has 1 aliphatic rings. The Balaban J connectivity index is 1.51. The van der Waals surface area contributed by atoms with E-state index in [1.807, 2.05) is 0 Å². The van der Waals surface area contributed by atoms with Crippen molar-refractivity contribution in [2.45, 2.75) is 46.1 Å². The summed E-state index contributed by atoms with van der Waals surface area (Å²) in [6, 6.07) is 4.62. The molecule has 1 aliphatic carbocycles. The fourth-order valence-electron chi connectivity index (χ4n) is 4.47. The Bertz CT molecular complexity index is 1550. The number of ether oxygens (including phenoxy) is 1. The number of nitrogens with one attached hydrogen (secondary N) is 1. The molecule has 0 saturated carbocycles. The predicted octanol–water partition coefficient (Wildman–Crippen LogP) is 3.96. The minimum Gasteiger partial charge on any atom is -0.462 e. The highest BCUT2D eigenvalue weighted by molar-refractivity contribution is 7.17. The maximum atomic E-state index is 13.5. The lowest BCUT2D eigenvalue weighted by Gasteiger charge is -2.16. The molecular formula is C25H24FN5O4S. The molecule has 1 aromatic carbocycles. The normalized spacial score (nSPS) is 13.6. The van der Waals surface area contributed by atoms with E-state index in [1.165, 1.54) is 46.5 Å². The van der Waals surface area contributed by atoms with Gasteiger partial charge in [0.1, 0.15) is 22.4 Å². The summed E-state index contributed by atoms with van der Waals surface area (Å²) in [5.74, 6) is -1.35. The Morgan fingerprint density at radius 3 is 2.72 bits per heavy atom. The second-order valence-electron chi connectivity index (χ2n) is 8.58. The Kier molecular flexibility index (Phi) is 6.17. The zero-order valence-corrected chi connectivity index (χ0v) is 20.8. The van der Waals surface area contributed by atoms with E-state index >= 15 is 0 Å². The van der Waals surface area contributed by atoms with Gasteiger partial charge in [-0.25, -0.2) is 18.5 Å². The minimum atomic E-state index is -0.982. The zero-order valence-electron chi connectivity index (χ0n) is 20.0. The van der Waals surface area contributed by atoms with Crippen molar-refractivity contribution in [1.29, 1.82) is 0 Å². The standard InChI is InChI=1S/C25H24FN5O4S/c1-4-35-25(34)20-17-6-5-7-19(17)36-23(20)28-22(32)14(3)30-24(33)21-18(13(2)29-30)12-27-31(21)16-10-8-15(26)9-11-16/h8-12,14H,4-7H2,1-3H3,(H,28,32). The van der Waals surface area contributed by atoms with E-state index in [1.54, 1.807) is 20.8 Å². The highest BCUT2D eigenvalue weighted by Gasteiger charge is 2.30. The second kappa shape index (κ2) is 9.30. The third kappa shape index (κ3) is 3.98. The van der Waals surface area contributed by atoms with Crippen molar-refractivity contribution >= 4 is 39.1 Å². The van der Waals surface area contributed by atoms with Crippen molar-refractivity contribution in [3.63, 3.8) is 0 Å². The van der Waals surface area contributed by atoms with Gasteiger partial charge in [-0.1, -0.05) is 0 Å². The number of amides is 1. The van der Waals surface area contributed by atoms with Gasteiger partial charge in [-0.05, 0) is 69.9 Å². The number of hydrogen-bond acceptors (Lipinski definition) is 7. The molecule has 0 fully saturated rings. The molecular weight excluding hydrogens is 485 g/mol. The molecule has 1 amide bonds. The summed E-state index contributed by atoms with van der Waals surface area (Å²) < 4.78 is 21.2. The summed E-state index contributed by atoms with van der Waals surface area (Å²) in [6.07, 6.45) is 4.09. The van der Waals surface area contributed by atoms with Crippen LogP contribution in [0.15, 0.2) is 35.3 Å². The maximum absolute atomic E-state index is 13.5. The predicted molar refractivity (Wildman–Crippen MR) is 133 cm³/mol. The van der Waals surface area contributed by atoms with Gasteiger partial charge in [-0.15, -0.1) is 11.3 Å². The number of esters is 1. The molecule has 3 aromatic heterocycles. The second-order valence-corrected chi connectivity index (χ2v) is 9.68. The number of hydrogen-bond donors (Lipinski definition) is 1. The molecule has 9 nitrogen and oxygen atoms in total. The monoisotopic (exact) mass is 509 g/mol. The molecule has 186 valence electrons. The van der Waals surface area contributed by atoms with Gasteiger partial charge < -0.3 is 10.1 Å². The molecule has 3 heterocycles. The Morgan fingerprint density at radius 1 is 1.25 bits per heavy atom. The molecule has 36 heavy (non-hydrogen) atoms. The number of benzene rings is 1. The number of halogens is 1. The van der Waals surface area contributed by atoms with Crippen LogP contribution >= 0.6 is 11.3 Å². The van der Waals surface area contributed by atoms with Crippen LogP contribution < -0.4 is 10.9 Å². The number of thiophene rings is 1. The molecule has 0 spiro atoms. The van der Waals surface area contributed by atoms with Crippen LogP contribution in [0, 0.1) is 12.7 Å². The summed E-state index contributed by atoms with van der Waals surface area (Å²) in [7, 11) is 0. The minimum absolute atomic E-state index is 0.230. The molecule has 1 N–H and O–H groups in total. The highest BCUT2D eigenvalue weighted by Crippen LogP contribution is 2.39. The van der Waals surface area contributed by atoms with Crippen molar-refractivity contribution in [1.82, 2.24) is 19.6 Å². The van der Waals surface area contributed by atoms with Crippen LogP contribution in [0.1, 0.15) is 52.8 Å². The summed E-state index contributed by atoms with van der Waals surface area (Å²) in [5, 5.41) is 12.5. The van der Waals surface area contributed by atoms with Crippen molar-refractivity contribution in [2.24, 2.45) is 0 Å². The zero-order chi connectivity index (χ0) is 25.6. The number of aromatic nitrogens is 4. The average Bonchev–Trinajstić information content (AvgIpc) is 3.56. The van der Waals surface area contributed by atoms with E-state index in [9.17, 15) is 18.8 Å². The van der Waals surface area contributed by atoms with Crippen LogP contribution in [0.4, 0.5) is 9.39 Å². The molecule has 0 radical (unpaired) electrons. The van der Waals surface area contributed by atoms with Crippen LogP contribution in [0.25, 0.3) is 16.6 Å². The molecule has 5 rings (SSSR count). The third-order valence-corrected chi connectivity index (χ3v) is 7.49. The number of anilines is 1. The van der Waals surface area contributed by atoms with E-state index in [0.717, 1.165) is 34.4 Å². The van der Waals surface area contributed by atoms with E-state index in [2.05, 4.69) is 15.5 Å². The van der Waals surface area contributed by atoms with Gasteiger partial charge in [0.25, 0.3) is 5.56 Å². The van der Waals surface area contributed by atoms with Crippen molar-refractivity contribution in [3.8, 4) is 5.69 Å². The van der Waals surface area contributed by atoms with E-state index in [0.29, 0.717) is 27.3 Å². The lowest BCUT2D eigenvalue weighted by atomic mass is 10.1. The van der Waals surface area contributed by atoms with Crippen LogP contribution in [0.2, 0.25) is 0 Å². The van der Waals surface area contributed by atoms with Crippen LogP contribution in [0.3, 0.4) is 0 Å². The summed E-state index contributed by atoms with van der Waals surface area (Å²) in [4.78, 5) is 40.5. The Morgan fingerprint density at radius 2 is 2.00 bits per heavy atom. The van der Waals surface area contributed by atoms with Crippen molar-refractivity contribution in [2.75, 3.05) is 11.9 Å². The lowest BCUT2D eigenvalue weighted by Crippen LogP contribution is -2.34. The largest absolute Gasteiger partial charge is 0.462 e. The first kappa shape index (κ1) is 23.9. The Hall–Kier alpha value is -3.86. The smallest absolute Gasteiger partial charge is 0.341 e. The maximum Gasteiger partial charge on any atom is 0.341 e. The van der Waals surface area contributed by atoms with Gasteiger partial charge in [-0.3, -0.25) is 9.59 Å². The molecule has 1 atom stereocenters. The molecule has 0 aliphatic heterocycles. The topological polar surface area (TPSA) is 108 Å². The highest BCUT2D eigenvalue weighted by atomic mass is 32.1. The fourth-order valence-corrected chi connectivity index (χ4v) is 5.75. The number of carbonyl (C=O) groups is 2. The first-order valence-electron chi connectivity index (χ1n) is 11.7. The molecule has 11 heteroatoms. The number of carbonyl (C=O) groups excluding carboxylic acids is 2. The third-order valence-electron chi connectivity index (χ3n) is 6.28. The molecule has 1 unspecified atom stereocenters. The Labute approximate surface area is 209 Å². The first-order chi connectivity index (χ1) is 17.3. The van der Waals surface area contributed by atoms with Crippen molar-refractivity contribution in [3.05, 3.63) is 68.3 Å². The van der Waals surface area contributed by atoms with Crippen LogP contribution in [-0.4, -0.2) is 38.0 Å². The van der Waals surface area contributed by atoms with Crippen LogP contribution in [0.5, 0.6) is 0 Å². The quantitative estimate of drug-likeness (QED) is 0.394. The molecule has 0 bridgehead atoms. The summed E-state index contributed by atoms with van der Waals surface area (Å²) in [6.45, 7) is 5.26. The number of fused-ring (bicyclic) bond motifs is 2. The van der Waals surface area contributed by atoms with Gasteiger partial charge in [0, 0.05) is 10.3 Å². The number of rotatable bonds is 6. The van der Waals surface area contributed by atoms with Gasteiger partial charge >= 0.3 is 5.97 Å². The lowest BCUT2D eigenvalue weighted by molar-refractivity contribution is -0.119. The van der Waals surface area contributed by atoms with Crippen molar-refractivity contribution < 1.29 is 18.7 Å². The molecule has 4 aromatic rings. The average molecular weight is 510 g/mol. The van der Waals surface area contributed by atoms with Gasteiger partial charge in [0.05, 0.1) is 29.7 Å². The summed E-state index contributed by atoms with van der Waals surface area (Å²) >= 11 is 1.37. The first-order valence-corrected chi connectivity index (χ1v) is 12.5. The van der Waals surface area contributed by atoms with Gasteiger partial charge in [-0.2, -0.15) is 10.2 Å². The van der Waals surface area contributed by atoms with Gasteiger partial charge in [0.2, 0.25) is 5.91 Å². The van der Waals surface area contributed by atoms with E-state index in [-0.39, 0.29) is 12.1 Å². The number of aryl methyl sites for hydroxylation is 2. The SMILES string of the molecule is CCOC(=O)c1c(NC(=O)C(C)n2nc(C)c3cnn(-c4ccc(F)cc4)c3c2=O)sc2c1CCC2. The fraction of sp³-hybridized carbons (Fsp3) is 0.320. The van der Waals surface area contributed by atoms with Gasteiger partial charge in [0.15, 0.2) is 0 Å².